The minimum absolute atomic E-state index is 0.448. The minimum atomic E-state index is 0.448. The number of piperidine rings is 2. The molecule has 3 heterocycles. The number of hydrogen-bond acceptors (Lipinski definition) is 5. The largest absolute Gasteiger partial charge is 0.354 e. The molecule has 3 rings (SSSR count). The summed E-state index contributed by atoms with van der Waals surface area (Å²) in [5.41, 5.74) is 0.448. The van der Waals surface area contributed by atoms with Gasteiger partial charge in [0.15, 0.2) is 11.5 Å². The van der Waals surface area contributed by atoms with Gasteiger partial charge in [-0.2, -0.15) is 5.26 Å². The fraction of sp³-hybridized carbons (Fsp3) is 0.667. The molecule has 0 unspecified atom stereocenters. The third kappa shape index (κ3) is 2.75. The molecule has 5 nitrogen and oxygen atoms in total. The molecule has 106 valence electrons. The monoisotopic (exact) mass is 271 g/mol. The van der Waals surface area contributed by atoms with Crippen molar-refractivity contribution in [1.29, 1.82) is 5.26 Å². The second-order valence-electron chi connectivity index (χ2n) is 5.66. The first-order chi connectivity index (χ1) is 9.88. The number of aromatic nitrogens is 2. The molecule has 0 bridgehead atoms. The maximum atomic E-state index is 9.12. The normalized spacial score (nSPS) is 21.6. The first kappa shape index (κ1) is 13.3. The highest BCUT2D eigenvalue weighted by Gasteiger charge is 2.27. The van der Waals surface area contributed by atoms with Gasteiger partial charge in [0, 0.05) is 31.5 Å². The van der Waals surface area contributed by atoms with Gasteiger partial charge >= 0.3 is 0 Å². The highest BCUT2D eigenvalue weighted by atomic mass is 15.2. The Labute approximate surface area is 120 Å². The third-order valence-corrected chi connectivity index (χ3v) is 4.46. The summed E-state index contributed by atoms with van der Waals surface area (Å²) in [5, 5.41) is 9.12. The summed E-state index contributed by atoms with van der Waals surface area (Å²) in [4.78, 5) is 13.3. The summed E-state index contributed by atoms with van der Waals surface area (Å²) in [6, 6.07) is 2.86. The molecule has 1 aromatic rings. The fourth-order valence-electron chi connectivity index (χ4n) is 3.37. The van der Waals surface area contributed by atoms with E-state index in [9.17, 15) is 0 Å². The van der Waals surface area contributed by atoms with E-state index in [1.165, 1.54) is 45.2 Å². The molecule has 5 heteroatoms. The molecule has 0 spiro atoms. The summed E-state index contributed by atoms with van der Waals surface area (Å²) in [6.07, 6.45) is 9.69. The van der Waals surface area contributed by atoms with Crippen molar-refractivity contribution in [2.75, 3.05) is 31.1 Å². The van der Waals surface area contributed by atoms with Crippen molar-refractivity contribution >= 4 is 5.82 Å². The molecule has 0 atom stereocenters. The van der Waals surface area contributed by atoms with Gasteiger partial charge in [-0.25, -0.2) is 9.97 Å². The molecule has 2 aliphatic heterocycles. The Bertz CT molecular complexity index is 481. The van der Waals surface area contributed by atoms with Crippen molar-refractivity contribution in [3.63, 3.8) is 0 Å². The first-order valence-electron chi connectivity index (χ1n) is 7.58. The van der Waals surface area contributed by atoms with Crippen LogP contribution in [-0.2, 0) is 0 Å². The molecule has 0 N–H and O–H groups in total. The average Bonchev–Trinajstić information content (AvgIpc) is 2.56. The summed E-state index contributed by atoms with van der Waals surface area (Å²) in [6.45, 7) is 4.49. The Kier molecular flexibility index (Phi) is 4.12. The zero-order valence-corrected chi connectivity index (χ0v) is 11.8. The quantitative estimate of drug-likeness (QED) is 0.821. The number of rotatable bonds is 2. The van der Waals surface area contributed by atoms with Crippen LogP contribution in [0.15, 0.2) is 12.4 Å². The van der Waals surface area contributed by atoms with Gasteiger partial charge in [0.1, 0.15) is 6.07 Å². The number of hydrogen-bond donors (Lipinski definition) is 0. The van der Waals surface area contributed by atoms with E-state index in [1.807, 2.05) is 0 Å². The molecular formula is C15H21N5. The predicted molar refractivity (Wildman–Crippen MR) is 77.4 cm³/mol. The van der Waals surface area contributed by atoms with Gasteiger partial charge in [0.25, 0.3) is 0 Å². The van der Waals surface area contributed by atoms with E-state index in [2.05, 4.69) is 25.8 Å². The van der Waals surface area contributed by atoms with Crippen molar-refractivity contribution in [1.82, 2.24) is 14.9 Å². The molecule has 1 aromatic heterocycles. The van der Waals surface area contributed by atoms with E-state index in [1.54, 1.807) is 12.4 Å². The first-order valence-corrected chi connectivity index (χ1v) is 7.58. The van der Waals surface area contributed by atoms with Crippen LogP contribution in [0.3, 0.4) is 0 Å². The van der Waals surface area contributed by atoms with Crippen LogP contribution >= 0.6 is 0 Å². The van der Waals surface area contributed by atoms with Crippen LogP contribution < -0.4 is 4.90 Å². The standard InChI is InChI=1S/C15H21N5/c16-12-14-15(18-7-6-17-14)20-10-4-13(5-11-20)19-8-2-1-3-9-19/h6-7,13H,1-5,8-11H2. The van der Waals surface area contributed by atoms with Crippen molar-refractivity contribution in [2.45, 2.75) is 38.1 Å². The fourth-order valence-corrected chi connectivity index (χ4v) is 3.37. The van der Waals surface area contributed by atoms with Gasteiger partial charge in [-0.05, 0) is 38.8 Å². The second kappa shape index (κ2) is 6.19. The van der Waals surface area contributed by atoms with Gasteiger partial charge < -0.3 is 9.80 Å². The second-order valence-corrected chi connectivity index (χ2v) is 5.66. The molecule has 0 aromatic carbocycles. The van der Waals surface area contributed by atoms with Crippen molar-refractivity contribution in [3.8, 4) is 6.07 Å². The minimum Gasteiger partial charge on any atom is -0.354 e. The van der Waals surface area contributed by atoms with Crippen molar-refractivity contribution in [3.05, 3.63) is 18.1 Å². The van der Waals surface area contributed by atoms with Crippen LogP contribution in [-0.4, -0.2) is 47.1 Å². The van der Waals surface area contributed by atoms with Crippen LogP contribution in [0.4, 0.5) is 5.82 Å². The lowest BCUT2D eigenvalue weighted by atomic mass is 10.00. The number of likely N-dealkylation sites (tertiary alicyclic amines) is 1. The number of anilines is 1. The van der Waals surface area contributed by atoms with Gasteiger partial charge in [-0.3, -0.25) is 0 Å². The Morgan fingerprint density at radius 1 is 1.00 bits per heavy atom. The third-order valence-electron chi connectivity index (χ3n) is 4.46. The molecule has 0 amide bonds. The lowest BCUT2D eigenvalue weighted by Crippen LogP contribution is -2.47. The van der Waals surface area contributed by atoms with Gasteiger partial charge in [-0.1, -0.05) is 6.42 Å². The molecule has 2 aliphatic rings. The molecule has 2 saturated heterocycles. The van der Waals surface area contributed by atoms with Crippen LogP contribution in [0.25, 0.3) is 0 Å². The topological polar surface area (TPSA) is 56.1 Å². The highest BCUT2D eigenvalue weighted by Crippen LogP contribution is 2.24. The Morgan fingerprint density at radius 3 is 2.40 bits per heavy atom. The highest BCUT2D eigenvalue weighted by molar-refractivity contribution is 5.49. The van der Waals surface area contributed by atoms with Gasteiger partial charge in [-0.15, -0.1) is 0 Å². The van der Waals surface area contributed by atoms with Crippen LogP contribution in [0.2, 0.25) is 0 Å². The van der Waals surface area contributed by atoms with E-state index in [4.69, 9.17) is 5.26 Å². The number of nitriles is 1. The Hall–Kier alpha value is -1.67. The van der Waals surface area contributed by atoms with E-state index in [0.29, 0.717) is 11.7 Å². The maximum absolute atomic E-state index is 9.12. The smallest absolute Gasteiger partial charge is 0.183 e. The lowest BCUT2D eigenvalue weighted by Gasteiger charge is -2.40. The average molecular weight is 271 g/mol. The number of nitrogens with zero attached hydrogens (tertiary/aromatic N) is 5. The zero-order valence-electron chi connectivity index (χ0n) is 11.8. The predicted octanol–water partition coefficient (Wildman–Crippen LogP) is 1.80. The maximum Gasteiger partial charge on any atom is 0.183 e. The molecule has 20 heavy (non-hydrogen) atoms. The van der Waals surface area contributed by atoms with Gasteiger partial charge in [0.05, 0.1) is 0 Å². The molecule has 0 radical (unpaired) electrons. The summed E-state index contributed by atoms with van der Waals surface area (Å²) < 4.78 is 0. The molecule has 0 aliphatic carbocycles. The summed E-state index contributed by atoms with van der Waals surface area (Å²) >= 11 is 0. The van der Waals surface area contributed by atoms with Crippen molar-refractivity contribution in [2.24, 2.45) is 0 Å². The molecule has 0 saturated carbocycles. The summed E-state index contributed by atoms with van der Waals surface area (Å²) in [5.74, 6) is 0.757. The van der Waals surface area contributed by atoms with Crippen LogP contribution in [0.1, 0.15) is 37.8 Å². The van der Waals surface area contributed by atoms with E-state index >= 15 is 0 Å². The van der Waals surface area contributed by atoms with Crippen LogP contribution in [0, 0.1) is 11.3 Å². The van der Waals surface area contributed by atoms with E-state index < -0.39 is 0 Å². The summed E-state index contributed by atoms with van der Waals surface area (Å²) in [7, 11) is 0. The van der Waals surface area contributed by atoms with E-state index in [-0.39, 0.29) is 0 Å². The van der Waals surface area contributed by atoms with E-state index in [0.717, 1.165) is 18.9 Å². The lowest BCUT2D eigenvalue weighted by molar-refractivity contribution is 0.141. The Balaban J connectivity index is 1.62. The van der Waals surface area contributed by atoms with Gasteiger partial charge in [0.2, 0.25) is 0 Å². The molecular weight excluding hydrogens is 250 g/mol. The SMILES string of the molecule is N#Cc1nccnc1N1CCC(N2CCCCC2)CC1. The van der Waals surface area contributed by atoms with Crippen LogP contribution in [0.5, 0.6) is 0 Å². The Morgan fingerprint density at radius 2 is 1.70 bits per heavy atom. The van der Waals surface area contributed by atoms with Crippen molar-refractivity contribution < 1.29 is 0 Å². The molecule has 2 fully saturated rings. The zero-order chi connectivity index (χ0) is 13.8.